The first-order valence-electron chi connectivity index (χ1n) is 8.66. The van der Waals surface area contributed by atoms with Gasteiger partial charge < -0.3 is 0 Å². The summed E-state index contributed by atoms with van der Waals surface area (Å²) in [6, 6.07) is 0.226. The quantitative estimate of drug-likeness (QED) is 0.296. The molecule has 3 nitrogen and oxygen atoms in total. The van der Waals surface area contributed by atoms with Gasteiger partial charge in [0.2, 0.25) is 0 Å². The minimum atomic E-state index is 0.226. The number of aromatic nitrogens is 1. The van der Waals surface area contributed by atoms with Gasteiger partial charge in [-0.05, 0) is 13.3 Å². The molecule has 0 amide bonds. The van der Waals surface area contributed by atoms with Crippen molar-refractivity contribution in [2.45, 2.75) is 90.5 Å². The molecule has 1 rings (SSSR count). The Morgan fingerprint density at radius 2 is 1.62 bits per heavy atom. The van der Waals surface area contributed by atoms with Crippen LogP contribution in [0.5, 0.6) is 0 Å². The molecule has 0 saturated heterocycles. The van der Waals surface area contributed by atoms with Crippen molar-refractivity contribution in [1.29, 1.82) is 0 Å². The van der Waals surface area contributed by atoms with E-state index in [0.29, 0.717) is 0 Å². The van der Waals surface area contributed by atoms with Gasteiger partial charge in [-0.1, -0.05) is 71.1 Å². The van der Waals surface area contributed by atoms with E-state index in [0.717, 1.165) is 17.1 Å². The van der Waals surface area contributed by atoms with Crippen LogP contribution in [0.1, 0.15) is 94.3 Å². The average molecular weight is 312 g/mol. The second kappa shape index (κ2) is 12.1. The van der Waals surface area contributed by atoms with Crippen LogP contribution in [0.25, 0.3) is 0 Å². The lowest BCUT2D eigenvalue weighted by atomic mass is 10.0. The molecule has 0 fully saturated rings. The Kier molecular flexibility index (Phi) is 10.7. The summed E-state index contributed by atoms with van der Waals surface area (Å²) >= 11 is 1.70. The van der Waals surface area contributed by atoms with Gasteiger partial charge in [0.1, 0.15) is 0 Å². The van der Waals surface area contributed by atoms with Crippen molar-refractivity contribution in [1.82, 2.24) is 10.4 Å². The lowest BCUT2D eigenvalue weighted by molar-refractivity contribution is 0.467. The van der Waals surface area contributed by atoms with Gasteiger partial charge in [0.05, 0.1) is 16.7 Å². The molecule has 0 aliphatic heterocycles. The first-order chi connectivity index (χ1) is 10.3. The van der Waals surface area contributed by atoms with Crippen molar-refractivity contribution < 1.29 is 0 Å². The minimum Gasteiger partial charge on any atom is -0.271 e. The van der Waals surface area contributed by atoms with Gasteiger partial charge in [-0.2, -0.15) is 0 Å². The van der Waals surface area contributed by atoms with E-state index in [4.69, 9.17) is 5.84 Å². The molecule has 0 bridgehead atoms. The number of nitrogens with zero attached hydrogens (tertiary/aromatic N) is 1. The Labute approximate surface area is 134 Å². The SMILES string of the molecule is CCCCCCCCCCCCC(NN)c1csc(C)n1. The molecule has 1 heterocycles. The molecule has 4 heteroatoms. The van der Waals surface area contributed by atoms with Crippen LogP contribution in [0.2, 0.25) is 0 Å². The maximum absolute atomic E-state index is 5.65. The number of hydrogen-bond donors (Lipinski definition) is 2. The van der Waals surface area contributed by atoms with Crippen LogP contribution in [-0.2, 0) is 0 Å². The third kappa shape index (κ3) is 8.54. The fourth-order valence-electron chi connectivity index (χ4n) is 2.69. The molecule has 0 aliphatic rings. The van der Waals surface area contributed by atoms with Gasteiger partial charge >= 0.3 is 0 Å². The van der Waals surface area contributed by atoms with E-state index in [1.807, 2.05) is 6.92 Å². The Balaban J connectivity index is 1.98. The summed E-state index contributed by atoms with van der Waals surface area (Å²) in [6.45, 7) is 4.32. The Hall–Kier alpha value is -0.450. The van der Waals surface area contributed by atoms with Gasteiger partial charge in [0.25, 0.3) is 0 Å². The first-order valence-corrected chi connectivity index (χ1v) is 9.54. The summed E-state index contributed by atoms with van der Waals surface area (Å²) < 4.78 is 0. The van der Waals surface area contributed by atoms with Crippen molar-refractivity contribution >= 4 is 11.3 Å². The predicted molar refractivity (Wildman–Crippen MR) is 93.4 cm³/mol. The third-order valence-electron chi connectivity index (χ3n) is 4.04. The number of nitrogens with two attached hydrogens (primary N) is 1. The zero-order valence-corrected chi connectivity index (χ0v) is 14.7. The van der Waals surface area contributed by atoms with E-state index in [9.17, 15) is 0 Å². The average Bonchev–Trinajstić information content (AvgIpc) is 2.91. The molecular formula is C17H33N3S. The second-order valence-electron chi connectivity index (χ2n) is 5.98. The van der Waals surface area contributed by atoms with E-state index in [1.165, 1.54) is 64.2 Å². The van der Waals surface area contributed by atoms with Crippen LogP contribution in [0, 0.1) is 6.92 Å². The highest BCUT2D eigenvalue weighted by Crippen LogP contribution is 2.21. The highest BCUT2D eigenvalue weighted by molar-refractivity contribution is 7.09. The minimum absolute atomic E-state index is 0.226. The number of hydrazine groups is 1. The van der Waals surface area contributed by atoms with Crippen LogP contribution >= 0.6 is 11.3 Å². The maximum Gasteiger partial charge on any atom is 0.0898 e. The van der Waals surface area contributed by atoms with Crippen LogP contribution in [0.3, 0.4) is 0 Å². The molecule has 3 N–H and O–H groups in total. The molecule has 0 saturated carbocycles. The van der Waals surface area contributed by atoms with Crippen LogP contribution < -0.4 is 11.3 Å². The summed E-state index contributed by atoms with van der Waals surface area (Å²) in [5, 5.41) is 3.24. The summed E-state index contributed by atoms with van der Waals surface area (Å²) in [5.74, 6) is 5.65. The number of hydrogen-bond acceptors (Lipinski definition) is 4. The highest BCUT2D eigenvalue weighted by Gasteiger charge is 2.11. The van der Waals surface area contributed by atoms with Gasteiger partial charge in [-0.25, -0.2) is 4.98 Å². The summed E-state index contributed by atoms with van der Waals surface area (Å²) in [6.07, 6.45) is 14.8. The Morgan fingerprint density at radius 1 is 1.05 bits per heavy atom. The second-order valence-corrected chi connectivity index (χ2v) is 7.04. The molecule has 21 heavy (non-hydrogen) atoms. The van der Waals surface area contributed by atoms with E-state index < -0.39 is 0 Å². The monoisotopic (exact) mass is 311 g/mol. The van der Waals surface area contributed by atoms with Crippen molar-refractivity contribution in [2.24, 2.45) is 5.84 Å². The molecule has 1 atom stereocenters. The zero-order chi connectivity index (χ0) is 15.3. The number of aryl methyl sites for hydroxylation is 1. The number of unbranched alkanes of at least 4 members (excludes halogenated alkanes) is 9. The van der Waals surface area contributed by atoms with Gasteiger partial charge in [-0.3, -0.25) is 11.3 Å². The van der Waals surface area contributed by atoms with Crippen molar-refractivity contribution in [3.8, 4) is 0 Å². The normalized spacial score (nSPS) is 12.7. The van der Waals surface area contributed by atoms with Crippen LogP contribution in [-0.4, -0.2) is 4.98 Å². The molecule has 0 spiro atoms. The van der Waals surface area contributed by atoms with Crippen LogP contribution in [0.15, 0.2) is 5.38 Å². The molecule has 1 unspecified atom stereocenters. The number of thiazole rings is 1. The fourth-order valence-corrected chi connectivity index (χ4v) is 3.36. The molecule has 1 aromatic heterocycles. The molecule has 0 radical (unpaired) electrons. The number of rotatable bonds is 13. The lowest BCUT2D eigenvalue weighted by Crippen LogP contribution is -2.28. The molecule has 0 aromatic carbocycles. The smallest absolute Gasteiger partial charge is 0.0898 e. The zero-order valence-electron chi connectivity index (χ0n) is 13.9. The van der Waals surface area contributed by atoms with E-state index in [-0.39, 0.29) is 6.04 Å². The summed E-state index contributed by atoms with van der Waals surface area (Å²) in [5.41, 5.74) is 4.01. The first kappa shape index (κ1) is 18.6. The molecule has 0 aliphatic carbocycles. The van der Waals surface area contributed by atoms with E-state index in [2.05, 4.69) is 22.7 Å². The molecular weight excluding hydrogens is 278 g/mol. The topological polar surface area (TPSA) is 50.9 Å². The van der Waals surface area contributed by atoms with Crippen molar-refractivity contribution in [2.75, 3.05) is 0 Å². The van der Waals surface area contributed by atoms with E-state index >= 15 is 0 Å². The standard InChI is InChI=1S/C17H33N3S/c1-3-4-5-6-7-8-9-10-11-12-13-16(20-18)17-14-21-15(2)19-17/h14,16,20H,3-13,18H2,1-2H3. The largest absolute Gasteiger partial charge is 0.271 e. The number of nitrogens with one attached hydrogen (secondary N) is 1. The third-order valence-corrected chi connectivity index (χ3v) is 4.83. The highest BCUT2D eigenvalue weighted by atomic mass is 32.1. The van der Waals surface area contributed by atoms with Crippen LogP contribution in [0.4, 0.5) is 0 Å². The lowest BCUT2D eigenvalue weighted by Gasteiger charge is -2.13. The Bertz CT molecular complexity index is 352. The van der Waals surface area contributed by atoms with Crippen molar-refractivity contribution in [3.63, 3.8) is 0 Å². The predicted octanol–water partition coefficient (Wildman–Crippen LogP) is 5.27. The maximum atomic E-state index is 5.65. The summed E-state index contributed by atoms with van der Waals surface area (Å²) in [7, 11) is 0. The Morgan fingerprint density at radius 3 is 2.10 bits per heavy atom. The van der Waals surface area contributed by atoms with Gasteiger partial charge in [-0.15, -0.1) is 11.3 Å². The summed E-state index contributed by atoms with van der Waals surface area (Å²) in [4.78, 5) is 4.52. The van der Waals surface area contributed by atoms with Crippen molar-refractivity contribution in [3.05, 3.63) is 16.1 Å². The molecule has 122 valence electrons. The van der Waals surface area contributed by atoms with Gasteiger partial charge in [0.15, 0.2) is 0 Å². The van der Waals surface area contributed by atoms with Gasteiger partial charge in [0, 0.05) is 5.38 Å². The molecule has 1 aromatic rings. The fraction of sp³-hybridized carbons (Fsp3) is 0.824. The van der Waals surface area contributed by atoms with E-state index in [1.54, 1.807) is 11.3 Å².